The molecule has 6 nitrogen and oxygen atoms in total. The van der Waals surface area contributed by atoms with E-state index in [0.717, 1.165) is 0 Å². The average Bonchev–Trinajstić information content (AvgIpc) is 2.18. The maximum Gasteiger partial charge on any atom is 0.322 e. The molecule has 1 rings (SSSR count). The lowest BCUT2D eigenvalue weighted by Gasteiger charge is -2.04. The van der Waals surface area contributed by atoms with Crippen LogP contribution in [0.15, 0.2) is 12.3 Å². The highest BCUT2D eigenvalue weighted by Gasteiger charge is 2.15. The van der Waals surface area contributed by atoms with E-state index in [-0.39, 0.29) is 11.4 Å². The quantitative estimate of drug-likeness (QED) is 0.691. The molecule has 0 saturated carbocycles. The summed E-state index contributed by atoms with van der Waals surface area (Å²) in [6.07, 6.45) is 1.36. The number of carbonyl (C=O) groups excluding carboxylic acids is 1. The predicted octanol–water partition coefficient (Wildman–Crippen LogP) is 0.206. The van der Waals surface area contributed by atoms with Gasteiger partial charge in [0.2, 0.25) is 0 Å². The Morgan fingerprint density at radius 1 is 1.53 bits per heavy atom. The monoisotopic (exact) mass is 322 g/mol. The van der Waals surface area contributed by atoms with Crippen molar-refractivity contribution in [2.45, 2.75) is 0 Å². The molecule has 1 heterocycles. The van der Waals surface area contributed by atoms with Crippen molar-refractivity contribution in [3.05, 3.63) is 21.5 Å². The van der Waals surface area contributed by atoms with Crippen molar-refractivity contribution < 1.29 is 19.8 Å². The molecule has 80 valence electrons. The summed E-state index contributed by atoms with van der Waals surface area (Å²) < 4.78 is 0.475. The molecule has 0 atom stereocenters. The second-order valence-electron chi connectivity index (χ2n) is 2.57. The minimum atomic E-state index is -1.16. The Labute approximate surface area is 98.5 Å². The number of nitrogens with one attached hydrogen (secondary N) is 1. The van der Waals surface area contributed by atoms with Gasteiger partial charge >= 0.3 is 5.97 Å². The maximum absolute atomic E-state index is 11.3. The number of rotatable bonds is 3. The molecule has 0 fully saturated rings. The first-order valence-corrected chi connectivity index (χ1v) is 4.93. The third-order valence-corrected chi connectivity index (χ3v) is 2.36. The molecule has 0 spiro atoms. The second kappa shape index (κ2) is 4.91. The number of carbonyl (C=O) groups is 2. The number of amides is 1. The van der Waals surface area contributed by atoms with Crippen molar-refractivity contribution in [3.63, 3.8) is 0 Å². The van der Waals surface area contributed by atoms with E-state index in [1.807, 2.05) is 22.6 Å². The van der Waals surface area contributed by atoms with Crippen molar-refractivity contribution in [2.24, 2.45) is 0 Å². The Hall–Kier alpha value is -1.38. The molecule has 15 heavy (non-hydrogen) atoms. The molecule has 1 aromatic rings. The van der Waals surface area contributed by atoms with Gasteiger partial charge in [-0.15, -0.1) is 0 Å². The second-order valence-corrected chi connectivity index (χ2v) is 3.73. The average molecular weight is 322 g/mol. The first-order chi connectivity index (χ1) is 7.02. The fourth-order valence-electron chi connectivity index (χ4n) is 0.836. The Kier molecular flexibility index (Phi) is 3.83. The smallest absolute Gasteiger partial charge is 0.322 e. The van der Waals surface area contributed by atoms with Gasteiger partial charge in [0, 0.05) is 6.20 Å². The third kappa shape index (κ3) is 3.05. The highest BCUT2D eigenvalue weighted by molar-refractivity contribution is 14.1. The number of pyridine rings is 1. The zero-order chi connectivity index (χ0) is 11.4. The predicted molar refractivity (Wildman–Crippen MR) is 58.6 cm³/mol. The van der Waals surface area contributed by atoms with Crippen molar-refractivity contribution >= 4 is 34.5 Å². The topological polar surface area (TPSA) is 99.5 Å². The summed E-state index contributed by atoms with van der Waals surface area (Å²) in [5.74, 6) is -2.12. The zero-order valence-corrected chi connectivity index (χ0v) is 9.56. The number of nitrogens with zero attached hydrogens (tertiary/aromatic N) is 1. The van der Waals surface area contributed by atoms with Crippen LogP contribution in [0.4, 0.5) is 0 Å². The molecule has 0 aliphatic heterocycles. The standard InChI is InChI=1S/C8H7IN2O4/c9-4-1-2-10-6(7(4)14)8(15)11-3-5(12)13/h1-2,14H,3H2,(H,11,15)(H,12,13). The largest absolute Gasteiger partial charge is 0.504 e. The molecular weight excluding hydrogens is 315 g/mol. The van der Waals surface area contributed by atoms with E-state index in [0.29, 0.717) is 3.57 Å². The summed E-state index contributed by atoms with van der Waals surface area (Å²) in [5.41, 5.74) is -0.178. The summed E-state index contributed by atoms with van der Waals surface area (Å²) in [6, 6.07) is 1.53. The van der Waals surface area contributed by atoms with Crippen LogP contribution in [0.2, 0.25) is 0 Å². The molecule has 7 heteroatoms. The summed E-state index contributed by atoms with van der Waals surface area (Å²) in [6.45, 7) is -0.509. The van der Waals surface area contributed by atoms with E-state index >= 15 is 0 Å². The first kappa shape index (κ1) is 11.7. The van der Waals surface area contributed by atoms with Crippen LogP contribution in [0.3, 0.4) is 0 Å². The zero-order valence-electron chi connectivity index (χ0n) is 7.40. The molecule has 0 radical (unpaired) electrons. The number of carboxylic acids is 1. The van der Waals surface area contributed by atoms with Crippen LogP contribution >= 0.6 is 22.6 Å². The lowest BCUT2D eigenvalue weighted by molar-refractivity contribution is -0.135. The van der Waals surface area contributed by atoms with E-state index < -0.39 is 18.4 Å². The Bertz CT molecular complexity index is 408. The Morgan fingerprint density at radius 2 is 2.20 bits per heavy atom. The maximum atomic E-state index is 11.3. The van der Waals surface area contributed by atoms with E-state index in [4.69, 9.17) is 5.11 Å². The minimum absolute atomic E-state index is 0.178. The van der Waals surface area contributed by atoms with Gasteiger partial charge in [0.25, 0.3) is 5.91 Å². The van der Waals surface area contributed by atoms with E-state index in [9.17, 15) is 14.7 Å². The Balaban J connectivity index is 2.82. The van der Waals surface area contributed by atoms with Crippen LogP contribution in [0, 0.1) is 3.57 Å². The lowest BCUT2D eigenvalue weighted by atomic mass is 10.3. The van der Waals surface area contributed by atoms with Crippen molar-refractivity contribution in [3.8, 4) is 5.75 Å². The molecule has 0 unspecified atom stereocenters. The van der Waals surface area contributed by atoms with Crippen LogP contribution in [0.25, 0.3) is 0 Å². The van der Waals surface area contributed by atoms with Crippen molar-refractivity contribution in [1.29, 1.82) is 0 Å². The summed E-state index contributed by atoms with van der Waals surface area (Å²) in [4.78, 5) is 25.2. The number of carboxylic acid groups (broad SMARTS) is 1. The number of halogens is 1. The molecule has 3 N–H and O–H groups in total. The van der Waals surface area contributed by atoms with Gasteiger partial charge in [-0.2, -0.15) is 0 Å². The molecule has 0 aliphatic carbocycles. The van der Waals surface area contributed by atoms with Gasteiger partial charge in [-0.05, 0) is 28.7 Å². The van der Waals surface area contributed by atoms with E-state index in [2.05, 4.69) is 10.3 Å². The third-order valence-electron chi connectivity index (χ3n) is 1.49. The summed E-state index contributed by atoms with van der Waals surface area (Å²) in [5, 5.41) is 19.9. The van der Waals surface area contributed by atoms with Gasteiger partial charge in [0.15, 0.2) is 11.4 Å². The van der Waals surface area contributed by atoms with Crippen LogP contribution in [-0.2, 0) is 4.79 Å². The number of aliphatic carboxylic acids is 1. The molecule has 0 aliphatic rings. The molecule has 1 aromatic heterocycles. The van der Waals surface area contributed by atoms with Gasteiger partial charge in [0.1, 0.15) is 6.54 Å². The number of hydrogen-bond acceptors (Lipinski definition) is 4. The van der Waals surface area contributed by atoms with Crippen LogP contribution in [0.1, 0.15) is 10.5 Å². The first-order valence-electron chi connectivity index (χ1n) is 3.86. The van der Waals surface area contributed by atoms with Crippen molar-refractivity contribution in [2.75, 3.05) is 6.54 Å². The summed E-state index contributed by atoms with van der Waals surface area (Å²) >= 11 is 1.84. The number of aromatic hydroxyl groups is 1. The molecule has 0 aromatic carbocycles. The lowest BCUT2D eigenvalue weighted by Crippen LogP contribution is -2.30. The van der Waals surface area contributed by atoms with Gasteiger partial charge < -0.3 is 15.5 Å². The van der Waals surface area contributed by atoms with Gasteiger partial charge in [-0.3, -0.25) is 9.59 Å². The van der Waals surface area contributed by atoms with Crippen LogP contribution in [0.5, 0.6) is 5.75 Å². The van der Waals surface area contributed by atoms with E-state index in [1.165, 1.54) is 12.3 Å². The SMILES string of the molecule is O=C(O)CNC(=O)c1nccc(I)c1O. The van der Waals surface area contributed by atoms with Crippen molar-refractivity contribution in [1.82, 2.24) is 10.3 Å². The van der Waals surface area contributed by atoms with Crippen LogP contribution < -0.4 is 5.32 Å². The van der Waals surface area contributed by atoms with E-state index in [1.54, 1.807) is 0 Å². The highest BCUT2D eigenvalue weighted by atomic mass is 127. The summed E-state index contributed by atoms with van der Waals surface area (Å²) in [7, 11) is 0. The molecule has 1 amide bonds. The fraction of sp³-hybridized carbons (Fsp3) is 0.125. The fourth-order valence-corrected chi connectivity index (χ4v) is 1.25. The van der Waals surface area contributed by atoms with Gasteiger partial charge in [-0.25, -0.2) is 4.98 Å². The normalized spacial score (nSPS) is 9.67. The van der Waals surface area contributed by atoms with Gasteiger partial charge in [0.05, 0.1) is 3.57 Å². The number of aromatic nitrogens is 1. The minimum Gasteiger partial charge on any atom is -0.504 e. The molecular formula is C8H7IN2O4. The van der Waals surface area contributed by atoms with Gasteiger partial charge in [-0.1, -0.05) is 0 Å². The Morgan fingerprint density at radius 3 is 2.80 bits per heavy atom. The highest BCUT2D eigenvalue weighted by Crippen LogP contribution is 2.21. The molecule has 0 bridgehead atoms. The van der Waals surface area contributed by atoms with Crippen LogP contribution in [-0.4, -0.2) is 33.6 Å². The molecule has 0 saturated heterocycles. The number of hydrogen-bond donors (Lipinski definition) is 3.